The van der Waals surface area contributed by atoms with Crippen molar-refractivity contribution < 1.29 is 9.90 Å². The number of benzene rings is 1. The second-order valence-electron chi connectivity index (χ2n) is 4.70. The molecule has 0 saturated carbocycles. The molecule has 1 N–H and O–H groups in total. The molecule has 3 rings (SSSR count). The van der Waals surface area contributed by atoms with Crippen molar-refractivity contribution in [3.8, 4) is 0 Å². The summed E-state index contributed by atoms with van der Waals surface area (Å²) in [6.45, 7) is 0. The second kappa shape index (κ2) is 5.65. The van der Waals surface area contributed by atoms with E-state index in [0.717, 1.165) is 15.6 Å². The van der Waals surface area contributed by atoms with Gasteiger partial charge in [-0.1, -0.05) is 28.1 Å². The maximum atomic E-state index is 11.7. The molecule has 3 aromatic rings. The third kappa shape index (κ3) is 2.80. The summed E-state index contributed by atoms with van der Waals surface area (Å²) >= 11 is 3.40. The minimum atomic E-state index is -0.892. The quantitative estimate of drug-likeness (QED) is 0.789. The lowest BCUT2D eigenvalue weighted by Crippen LogP contribution is -2.17. The molecule has 1 unspecified atom stereocenters. The number of carboxylic acids is 1. The van der Waals surface area contributed by atoms with Crippen molar-refractivity contribution in [1.29, 1.82) is 0 Å². The highest BCUT2D eigenvalue weighted by atomic mass is 79.9. The zero-order valence-corrected chi connectivity index (χ0v) is 12.6. The maximum Gasteiger partial charge on any atom is 0.313 e. The van der Waals surface area contributed by atoms with Crippen LogP contribution in [0.2, 0.25) is 0 Å². The van der Waals surface area contributed by atoms with Crippen molar-refractivity contribution in [1.82, 2.24) is 14.6 Å². The molecule has 0 fully saturated rings. The first kappa shape index (κ1) is 13.8. The number of aliphatic carboxylic acids is 1. The summed E-state index contributed by atoms with van der Waals surface area (Å²) in [6, 6.07) is 9.42. The molecule has 106 valence electrons. The molecule has 0 spiro atoms. The Hall–Kier alpha value is -2.21. The number of hydrogen-bond donors (Lipinski definition) is 1. The molecule has 0 amide bonds. The van der Waals surface area contributed by atoms with Crippen molar-refractivity contribution in [2.45, 2.75) is 12.3 Å². The first-order valence-corrected chi connectivity index (χ1v) is 7.20. The van der Waals surface area contributed by atoms with Gasteiger partial charge in [-0.15, -0.1) is 0 Å². The summed E-state index contributed by atoms with van der Waals surface area (Å²) in [5, 5.41) is 13.7. The van der Waals surface area contributed by atoms with Gasteiger partial charge in [0.1, 0.15) is 5.92 Å². The highest BCUT2D eigenvalue weighted by Gasteiger charge is 2.24. The van der Waals surface area contributed by atoms with Gasteiger partial charge in [0.05, 0.1) is 17.4 Å². The molecule has 2 heterocycles. The second-order valence-corrected chi connectivity index (χ2v) is 5.61. The van der Waals surface area contributed by atoms with E-state index in [1.807, 2.05) is 24.3 Å². The van der Waals surface area contributed by atoms with Gasteiger partial charge in [0.25, 0.3) is 0 Å². The largest absolute Gasteiger partial charge is 0.481 e. The van der Waals surface area contributed by atoms with Gasteiger partial charge < -0.3 is 5.11 Å². The molecule has 1 aromatic carbocycles. The van der Waals surface area contributed by atoms with Crippen LogP contribution in [-0.4, -0.2) is 25.7 Å². The lowest BCUT2D eigenvalue weighted by Gasteiger charge is -2.13. The highest BCUT2D eigenvalue weighted by molar-refractivity contribution is 9.10. The third-order valence-electron chi connectivity index (χ3n) is 3.31. The van der Waals surface area contributed by atoms with Gasteiger partial charge >= 0.3 is 5.97 Å². The van der Waals surface area contributed by atoms with Crippen molar-refractivity contribution in [2.24, 2.45) is 0 Å². The predicted molar refractivity (Wildman–Crippen MR) is 81.2 cm³/mol. The zero-order chi connectivity index (χ0) is 14.8. The Kier molecular flexibility index (Phi) is 3.70. The van der Waals surface area contributed by atoms with Gasteiger partial charge in [-0.25, -0.2) is 4.52 Å². The summed E-state index contributed by atoms with van der Waals surface area (Å²) < 4.78 is 2.57. The SMILES string of the molecule is O=C(O)C(Cc1cccc(Br)c1)c1nccn2nccc12. The molecule has 0 bridgehead atoms. The molecule has 0 aliphatic carbocycles. The topological polar surface area (TPSA) is 67.5 Å². The lowest BCUT2D eigenvalue weighted by atomic mass is 9.95. The van der Waals surface area contributed by atoms with E-state index in [-0.39, 0.29) is 0 Å². The molecule has 0 radical (unpaired) electrons. The van der Waals surface area contributed by atoms with Crippen LogP contribution in [0.1, 0.15) is 17.2 Å². The van der Waals surface area contributed by atoms with E-state index in [0.29, 0.717) is 12.1 Å². The van der Waals surface area contributed by atoms with Gasteiger partial charge in [-0.2, -0.15) is 5.10 Å². The fourth-order valence-corrected chi connectivity index (χ4v) is 2.79. The number of carbonyl (C=O) groups is 1. The molecule has 0 aliphatic heterocycles. The standard InChI is InChI=1S/C15H12BrN3O2/c16-11-3-1-2-10(8-11)9-12(15(20)21)14-13-4-5-18-19(13)7-6-17-14/h1-8,12H,9H2,(H,20,21). The van der Waals surface area contributed by atoms with Crippen LogP contribution >= 0.6 is 15.9 Å². The molecule has 5 nitrogen and oxygen atoms in total. The number of aromatic nitrogens is 3. The first-order chi connectivity index (χ1) is 10.1. The molecular formula is C15H12BrN3O2. The van der Waals surface area contributed by atoms with Crippen LogP contribution in [-0.2, 0) is 11.2 Å². The Balaban J connectivity index is 2.02. The Bertz CT molecular complexity index is 800. The summed E-state index contributed by atoms with van der Waals surface area (Å²) in [5.41, 5.74) is 2.20. The number of rotatable bonds is 4. The van der Waals surface area contributed by atoms with E-state index in [1.54, 1.807) is 29.2 Å². The van der Waals surface area contributed by atoms with Crippen molar-refractivity contribution in [2.75, 3.05) is 0 Å². The molecule has 0 saturated heterocycles. The van der Waals surface area contributed by atoms with Crippen LogP contribution in [0.25, 0.3) is 5.52 Å². The van der Waals surface area contributed by atoms with Crippen molar-refractivity contribution >= 4 is 27.4 Å². The van der Waals surface area contributed by atoms with E-state index in [4.69, 9.17) is 0 Å². The highest BCUT2D eigenvalue weighted by Crippen LogP contribution is 2.24. The van der Waals surface area contributed by atoms with Gasteiger partial charge in [-0.05, 0) is 30.2 Å². The van der Waals surface area contributed by atoms with Crippen molar-refractivity contribution in [3.63, 3.8) is 0 Å². The summed E-state index contributed by atoms with van der Waals surface area (Å²) in [5.74, 6) is -1.60. The zero-order valence-electron chi connectivity index (χ0n) is 11.0. The number of carboxylic acid groups (broad SMARTS) is 1. The summed E-state index contributed by atoms with van der Waals surface area (Å²) in [4.78, 5) is 15.9. The smallest absolute Gasteiger partial charge is 0.313 e. The fourth-order valence-electron chi connectivity index (χ4n) is 2.35. The fraction of sp³-hybridized carbons (Fsp3) is 0.133. The van der Waals surface area contributed by atoms with Crippen LogP contribution < -0.4 is 0 Å². The maximum absolute atomic E-state index is 11.7. The van der Waals surface area contributed by atoms with E-state index in [1.165, 1.54) is 0 Å². The molecule has 0 aliphatic rings. The number of hydrogen-bond acceptors (Lipinski definition) is 3. The Morgan fingerprint density at radius 1 is 1.33 bits per heavy atom. The molecule has 2 aromatic heterocycles. The monoisotopic (exact) mass is 345 g/mol. The van der Waals surface area contributed by atoms with Gasteiger partial charge in [-0.3, -0.25) is 9.78 Å². The number of fused-ring (bicyclic) bond motifs is 1. The minimum absolute atomic E-state index is 0.382. The Morgan fingerprint density at radius 3 is 2.95 bits per heavy atom. The number of halogens is 1. The van der Waals surface area contributed by atoms with E-state index in [2.05, 4.69) is 26.0 Å². The lowest BCUT2D eigenvalue weighted by molar-refractivity contribution is -0.138. The Labute approximate surface area is 129 Å². The van der Waals surface area contributed by atoms with E-state index in [9.17, 15) is 9.90 Å². The molecule has 6 heteroatoms. The van der Waals surface area contributed by atoms with Crippen LogP contribution in [0.5, 0.6) is 0 Å². The average Bonchev–Trinajstić information content (AvgIpc) is 2.93. The van der Waals surface area contributed by atoms with Crippen LogP contribution in [0, 0.1) is 0 Å². The average molecular weight is 346 g/mol. The molecule has 1 atom stereocenters. The van der Waals surface area contributed by atoms with Crippen molar-refractivity contribution in [3.05, 3.63) is 64.7 Å². The van der Waals surface area contributed by atoms with Crippen LogP contribution in [0.3, 0.4) is 0 Å². The van der Waals surface area contributed by atoms with E-state index < -0.39 is 11.9 Å². The summed E-state index contributed by atoms with van der Waals surface area (Å²) in [6.07, 6.45) is 5.30. The molecule has 21 heavy (non-hydrogen) atoms. The minimum Gasteiger partial charge on any atom is -0.481 e. The number of nitrogens with zero attached hydrogens (tertiary/aromatic N) is 3. The summed E-state index contributed by atoms with van der Waals surface area (Å²) in [7, 11) is 0. The van der Waals surface area contributed by atoms with Gasteiger partial charge in [0.2, 0.25) is 0 Å². The first-order valence-electron chi connectivity index (χ1n) is 6.40. The normalized spacial score (nSPS) is 12.4. The van der Waals surface area contributed by atoms with Crippen LogP contribution in [0.4, 0.5) is 0 Å². The third-order valence-corrected chi connectivity index (χ3v) is 3.80. The van der Waals surface area contributed by atoms with Crippen LogP contribution in [0.15, 0.2) is 53.4 Å². The molecular weight excluding hydrogens is 334 g/mol. The Morgan fingerprint density at radius 2 is 2.19 bits per heavy atom. The van der Waals surface area contributed by atoms with Gasteiger partial charge in [0, 0.05) is 16.9 Å². The van der Waals surface area contributed by atoms with Gasteiger partial charge in [0.15, 0.2) is 0 Å². The van der Waals surface area contributed by atoms with E-state index >= 15 is 0 Å². The predicted octanol–water partition coefficient (Wildman–Crippen LogP) is 2.90.